The molecule has 1 aromatic rings. The van der Waals surface area contributed by atoms with Gasteiger partial charge >= 0.3 is 0 Å². The average Bonchev–Trinajstić information content (AvgIpc) is 2.36. The Bertz CT molecular complexity index is 441. The number of aromatic nitrogens is 2. The van der Waals surface area contributed by atoms with Gasteiger partial charge in [-0.05, 0) is 6.92 Å². The normalized spacial score (nSPS) is 11.2. The smallest absolute Gasteiger partial charge is 0.160 e. The zero-order valence-electron chi connectivity index (χ0n) is 13.4. The number of nitrogens with zero attached hydrogens (tertiary/aromatic N) is 2. The molecule has 0 aliphatic heterocycles. The molecule has 0 bridgehead atoms. The van der Waals surface area contributed by atoms with Gasteiger partial charge in [-0.1, -0.05) is 33.3 Å². The van der Waals surface area contributed by atoms with Crippen molar-refractivity contribution in [3.05, 3.63) is 29.9 Å². The molecule has 0 aliphatic rings. The zero-order chi connectivity index (χ0) is 15.1. The highest BCUT2D eigenvalue weighted by atomic mass is 16.5. The first-order chi connectivity index (χ1) is 9.40. The molecule has 0 aromatic carbocycles. The van der Waals surface area contributed by atoms with Crippen molar-refractivity contribution in [3.63, 3.8) is 0 Å². The number of rotatable bonds is 8. The molecule has 1 rings (SSSR count). The minimum absolute atomic E-state index is 0.317. The number of ether oxygens (including phenoxy) is 1. The molecule has 112 valence electrons. The van der Waals surface area contributed by atoms with E-state index in [2.05, 4.69) is 49.6 Å². The van der Waals surface area contributed by atoms with Crippen molar-refractivity contribution in [2.75, 3.05) is 6.61 Å². The lowest BCUT2D eigenvalue weighted by molar-refractivity contribution is 0.313. The maximum absolute atomic E-state index is 5.79. The molecule has 0 fully saturated rings. The fourth-order valence-electron chi connectivity index (χ4n) is 1.58. The summed E-state index contributed by atoms with van der Waals surface area (Å²) in [7, 11) is 0. The molecule has 1 aromatic heterocycles. The minimum Gasteiger partial charge on any atom is -0.490 e. The van der Waals surface area contributed by atoms with Crippen LogP contribution in [0.2, 0.25) is 0 Å². The van der Waals surface area contributed by atoms with E-state index >= 15 is 0 Å². The van der Waals surface area contributed by atoms with E-state index in [-0.39, 0.29) is 0 Å². The van der Waals surface area contributed by atoms with Gasteiger partial charge in [0.25, 0.3) is 0 Å². The van der Waals surface area contributed by atoms with Gasteiger partial charge in [0, 0.05) is 24.9 Å². The van der Waals surface area contributed by atoms with E-state index in [1.807, 2.05) is 6.92 Å². The van der Waals surface area contributed by atoms with Gasteiger partial charge in [0.05, 0.1) is 18.5 Å². The molecule has 1 heterocycles. The first kappa shape index (κ1) is 16.6. The first-order valence-electron chi connectivity index (χ1n) is 7.26. The highest BCUT2D eigenvalue weighted by molar-refractivity contribution is 5.25. The molecule has 0 atom stereocenters. The van der Waals surface area contributed by atoms with Crippen molar-refractivity contribution in [1.29, 1.82) is 0 Å². The molecule has 4 heteroatoms. The average molecular weight is 277 g/mol. The molecular formula is C16H27N3O. The molecule has 1 N–H and O–H groups in total. The summed E-state index contributed by atoms with van der Waals surface area (Å²) in [6.07, 6.45) is 2.64. The molecule has 0 saturated heterocycles. The minimum atomic E-state index is 0.317. The Hall–Kier alpha value is -1.42. The van der Waals surface area contributed by atoms with E-state index in [1.165, 1.54) is 0 Å². The molecule has 0 unspecified atom stereocenters. The van der Waals surface area contributed by atoms with E-state index in [9.17, 15) is 0 Å². The summed E-state index contributed by atoms with van der Waals surface area (Å²) in [5, 5.41) is 3.38. The van der Waals surface area contributed by atoms with Crippen molar-refractivity contribution in [2.45, 2.75) is 59.5 Å². The van der Waals surface area contributed by atoms with Crippen LogP contribution in [0.4, 0.5) is 0 Å². The van der Waals surface area contributed by atoms with Gasteiger partial charge in [0.1, 0.15) is 5.82 Å². The van der Waals surface area contributed by atoms with Crippen LogP contribution >= 0.6 is 0 Å². The molecule has 20 heavy (non-hydrogen) atoms. The molecular weight excluding hydrogens is 250 g/mol. The van der Waals surface area contributed by atoms with E-state index in [4.69, 9.17) is 4.74 Å². The number of hydrogen-bond acceptors (Lipinski definition) is 4. The van der Waals surface area contributed by atoms with E-state index in [0.717, 1.165) is 29.3 Å². The van der Waals surface area contributed by atoms with Crippen LogP contribution in [0.3, 0.4) is 0 Å². The third kappa shape index (κ3) is 5.70. The van der Waals surface area contributed by atoms with Crippen LogP contribution in [-0.2, 0) is 6.54 Å². The first-order valence-corrected chi connectivity index (χ1v) is 7.26. The van der Waals surface area contributed by atoms with E-state index in [1.54, 1.807) is 6.20 Å². The fourth-order valence-corrected chi connectivity index (χ4v) is 1.58. The molecule has 4 nitrogen and oxygen atoms in total. The number of nitrogens with one attached hydrogen (secondary N) is 1. The summed E-state index contributed by atoms with van der Waals surface area (Å²) < 4.78 is 5.79. The standard InChI is InChI=1S/C16H27N3O/c1-11(2)7-8-20-15-10-18-16(12(3)4)19-14(15)9-17-13(5)6/h10,12-13,17H,1,7-9H2,2-6H3. The number of hydrogen-bond donors (Lipinski definition) is 1. The summed E-state index contributed by atoms with van der Waals surface area (Å²) in [5.74, 6) is 1.94. The maximum Gasteiger partial charge on any atom is 0.160 e. The quantitative estimate of drug-likeness (QED) is 0.739. The van der Waals surface area contributed by atoms with Crippen LogP contribution in [0.1, 0.15) is 58.5 Å². The second-order valence-electron chi connectivity index (χ2n) is 5.79. The fraction of sp³-hybridized carbons (Fsp3) is 0.625. The predicted octanol–water partition coefficient (Wildman–Crippen LogP) is 3.44. The molecule has 0 aliphatic carbocycles. The summed E-state index contributed by atoms with van der Waals surface area (Å²) >= 11 is 0. The van der Waals surface area contributed by atoms with E-state index in [0.29, 0.717) is 25.1 Å². The van der Waals surface area contributed by atoms with Crippen molar-refractivity contribution in [3.8, 4) is 5.75 Å². The van der Waals surface area contributed by atoms with Crippen LogP contribution in [0.15, 0.2) is 18.3 Å². The topological polar surface area (TPSA) is 47.0 Å². The molecule has 0 saturated carbocycles. The van der Waals surface area contributed by atoms with Crippen molar-refractivity contribution in [2.24, 2.45) is 0 Å². The lowest BCUT2D eigenvalue weighted by Crippen LogP contribution is -2.23. The van der Waals surface area contributed by atoms with Gasteiger partial charge in [0.15, 0.2) is 5.75 Å². The van der Waals surface area contributed by atoms with Crippen molar-refractivity contribution >= 4 is 0 Å². The van der Waals surface area contributed by atoms with Gasteiger partial charge < -0.3 is 10.1 Å². The Morgan fingerprint density at radius 2 is 2.05 bits per heavy atom. The highest BCUT2D eigenvalue weighted by Gasteiger charge is 2.11. The molecule has 0 radical (unpaired) electrons. The summed E-state index contributed by atoms with van der Waals surface area (Å²) in [6, 6.07) is 0.413. The van der Waals surface area contributed by atoms with E-state index < -0.39 is 0 Å². The van der Waals surface area contributed by atoms with Gasteiger partial charge in [-0.3, -0.25) is 0 Å². The Kier molecular flexibility index (Phi) is 6.65. The lowest BCUT2D eigenvalue weighted by atomic mass is 10.2. The van der Waals surface area contributed by atoms with Crippen LogP contribution < -0.4 is 10.1 Å². The van der Waals surface area contributed by atoms with Crippen LogP contribution in [-0.4, -0.2) is 22.6 Å². The molecule has 0 amide bonds. The summed E-state index contributed by atoms with van der Waals surface area (Å²) in [4.78, 5) is 9.00. The predicted molar refractivity (Wildman–Crippen MR) is 83.0 cm³/mol. The largest absolute Gasteiger partial charge is 0.490 e. The lowest BCUT2D eigenvalue weighted by Gasteiger charge is -2.14. The van der Waals surface area contributed by atoms with Gasteiger partial charge in [-0.25, -0.2) is 9.97 Å². The van der Waals surface area contributed by atoms with Crippen molar-refractivity contribution in [1.82, 2.24) is 15.3 Å². The second kappa shape index (κ2) is 8.00. The van der Waals surface area contributed by atoms with Gasteiger partial charge in [0.2, 0.25) is 0 Å². The third-order valence-electron chi connectivity index (χ3n) is 2.83. The van der Waals surface area contributed by atoms with Gasteiger partial charge in [-0.2, -0.15) is 0 Å². The summed E-state index contributed by atoms with van der Waals surface area (Å²) in [6.45, 7) is 15.6. The maximum atomic E-state index is 5.79. The monoisotopic (exact) mass is 277 g/mol. The van der Waals surface area contributed by atoms with Crippen LogP contribution in [0, 0.1) is 0 Å². The SMILES string of the molecule is C=C(C)CCOc1cnc(C(C)C)nc1CNC(C)C. The zero-order valence-corrected chi connectivity index (χ0v) is 13.4. The second-order valence-corrected chi connectivity index (χ2v) is 5.79. The Labute approximate surface area is 122 Å². The Balaban J connectivity index is 2.81. The van der Waals surface area contributed by atoms with Crippen LogP contribution in [0.25, 0.3) is 0 Å². The summed E-state index contributed by atoms with van der Waals surface area (Å²) in [5.41, 5.74) is 2.05. The highest BCUT2D eigenvalue weighted by Crippen LogP contribution is 2.19. The molecule has 0 spiro atoms. The van der Waals surface area contributed by atoms with Crippen LogP contribution in [0.5, 0.6) is 5.75 Å². The van der Waals surface area contributed by atoms with Crippen molar-refractivity contribution < 1.29 is 4.74 Å². The third-order valence-corrected chi connectivity index (χ3v) is 2.83. The Morgan fingerprint density at radius 3 is 2.60 bits per heavy atom. The van der Waals surface area contributed by atoms with Gasteiger partial charge in [-0.15, -0.1) is 6.58 Å². The Morgan fingerprint density at radius 1 is 1.35 bits per heavy atom.